The van der Waals surface area contributed by atoms with Crippen molar-refractivity contribution in [2.24, 2.45) is 5.73 Å². The second kappa shape index (κ2) is 9.50. The van der Waals surface area contributed by atoms with Crippen LogP contribution in [0.2, 0.25) is 5.02 Å². The molecule has 1 saturated heterocycles. The van der Waals surface area contributed by atoms with Gasteiger partial charge in [0.15, 0.2) is 5.82 Å². The molecule has 32 heavy (non-hydrogen) atoms. The zero-order valence-corrected chi connectivity index (χ0v) is 18.2. The molecule has 0 spiro atoms. The van der Waals surface area contributed by atoms with E-state index in [1.165, 1.54) is 0 Å². The first-order chi connectivity index (χ1) is 15.4. The standard InChI is InChI=1S/C23H24ClN5O3/c24-16-7-5-15(6-8-16)21-17-3-1-2-4-18(17)22(27-26-21)28-11-13-29(14-12-28)23(32)19(25)9-10-20(30)31/h1-8,19H,9-14,25H2,(H,30,31). The topological polar surface area (TPSA) is 113 Å². The molecule has 3 aromatic rings. The molecule has 1 amide bonds. The van der Waals surface area contributed by atoms with E-state index in [0.29, 0.717) is 31.2 Å². The summed E-state index contributed by atoms with van der Waals surface area (Å²) in [6.07, 6.45) is 0.0189. The number of carbonyl (C=O) groups excluding carboxylic acids is 1. The second-order valence-corrected chi connectivity index (χ2v) is 8.21. The van der Waals surface area contributed by atoms with E-state index in [1.807, 2.05) is 48.5 Å². The number of carboxylic acid groups (broad SMARTS) is 1. The summed E-state index contributed by atoms with van der Waals surface area (Å²) in [6, 6.07) is 14.7. The van der Waals surface area contributed by atoms with Crippen molar-refractivity contribution in [3.8, 4) is 11.3 Å². The van der Waals surface area contributed by atoms with E-state index < -0.39 is 12.0 Å². The number of halogens is 1. The summed E-state index contributed by atoms with van der Waals surface area (Å²) in [6.45, 7) is 2.18. The number of carboxylic acids is 1. The van der Waals surface area contributed by atoms with Crippen LogP contribution in [0.4, 0.5) is 5.82 Å². The summed E-state index contributed by atoms with van der Waals surface area (Å²) < 4.78 is 0. The van der Waals surface area contributed by atoms with Crippen LogP contribution >= 0.6 is 11.6 Å². The molecule has 0 saturated carbocycles. The van der Waals surface area contributed by atoms with Gasteiger partial charge in [-0.2, -0.15) is 0 Å². The Bertz CT molecular complexity index is 1130. The van der Waals surface area contributed by atoms with Gasteiger partial charge in [0.2, 0.25) is 5.91 Å². The number of anilines is 1. The maximum Gasteiger partial charge on any atom is 0.303 e. The highest BCUT2D eigenvalue weighted by atomic mass is 35.5. The Hall–Kier alpha value is -3.23. The Kier molecular flexibility index (Phi) is 6.53. The fraction of sp³-hybridized carbons (Fsp3) is 0.304. The zero-order chi connectivity index (χ0) is 22.7. The molecule has 1 aliphatic rings. The number of hydrogen-bond acceptors (Lipinski definition) is 6. The number of carbonyl (C=O) groups is 2. The number of nitrogens with two attached hydrogens (primary N) is 1. The average molecular weight is 454 g/mol. The molecule has 0 radical (unpaired) electrons. The van der Waals surface area contributed by atoms with Gasteiger partial charge in [0.25, 0.3) is 0 Å². The van der Waals surface area contributed by atoms with E-state index in [0.717, 1.165) is 27.8 Å². The Morgan fingerprint density at radius 3 is 2.31 bits per heavy atom. The molecule has 0 aliphatic carbocycles. The number of amides is 1. The van der Waals surface area contributed by atoms with E-state index in [1.54, 1.807) is 4.90 Å². The van der Waals surface area contributed by atoms with Gasteiger partial charge >= 0.3 is 5.97 Å². The lowest BCUT2D eigenvalue weighted by molar-refractivity contribution is -0.137. The summed E-state index contributed by atoms with van der Waals surface area (Å²) in [5.74, 6) is -0.383. The third kappa shape index (κ3) is 4.66. The summed E-state index contributed by atoms with van der Waals surface area (Å²) in [7, 11) is 0. The first-order valence-electron chi connectivity index (χ1n) is 10.5. The highest BCUT2D eigenvalue weighted by Crippen LogP contribution is 2.32. The van der Waals surface area contributed by atoms with Gasteiger partial charge in [-0.1, -0.05) is 48.0 Å². The average Bonchev–Trinajstić information content (AvgIpc) is 2.82. The number of hydrogen-bond donors (Lipinski definition) is 2. The zero-order valence-electron chi connectivity index (χ0n) is 17.4. The monoisotopic (exact) mass is 453 g/mol. The Balaban J connectivity index is 1.52. The summed E-state index contributed by atoms with van der Waals surface area (Å²) in [5, 5.41) is 20.5. The lowest BCUT2D eigenvalue weighted by atomic mass is 10.0. The van der Waals surface area contributed by atoms with Gasteiger partial charge in [0.1, 0.15) is 5.69 Å². The normalized spacial score (nSPS) is 15.1. The van der Waals surface area contributed by atoms with Gasteiger partial charge < -0.3 is 20.6 Å². The molecule has 0 bridgehead atoms. The molecule has 9 heteroatoms. The number of fused-ring (bicyclic) bond motifs is 1. The van der Waals surface area contributed by atoms with Crippen molar-refractivity contribution >= 4 is 40.1 Å². The molecule has 166 valence electrons. The highest BCUT2D eigenvalue weighted by molar-refractivity contribution is 6.30. The summed E-state index contributed by atoms with van der Waals surface area (Å²) >= 11 is 6.02. The van der Waals surface area contributed by atoms with E-state index in [4.69, 9.17) is 22.4 Å². The van der Waals surface area contributed by atoms with Gasteiger partial charge in [-0.25, -0.2) is 0 Å². The summed E-state index contributed by atoms with van der Waals surface area (Å²) in [5.41, 5.74) is 7.63. The van der Waals surface area contributed by atoms with Crippen LogP contribution in [-0.4, -0.2) is 64.3 Å². The SMILES string of the molecule is NC(CCC(=O)O)C(=O)N1CCN(c2nnc(-c3ccc(Cl)cc3)c3ccccc23)CC1. The molecular weight excluding hydrogens is 430 g/mol. The van der Waals surface area contributed by atoms with Gasteiger partial charge in [-0.05, 0) is 18.6 Å². The van der Waals surface area contributed by atoms with Crippen molar-refractivity contribution in [3.63, 3.8) is 0 Å². The number of rotatable bonds is 6. The van der Waals surface area contributed by atoms with Crippen molar-refractivity contribution in [2.75, 3.05) is 31.1 Å². The Labute approximate surface area is 190 Å². The van der Waals surface area contributed by atoms with Crippen LogP contribution in [0.3, 0.4) is 0 Å². The molecule has 4 rings (SSSR count). The third-order valence-electron chi connectivity index (χ3n) is 5.66. The highest BCUT2D eigenvalue weighted by Gasteiger charge is 2.27. The first kappa shape index (κ1) is 22.0. The Morgan fingerprint density at radius 1 is 1.00 bits per heavy atom. The van der Waals surface area contributed by atoms with Gasteiger partial charge in [0, 0.05) is 54.0 Å². The van der Waals surface area contributed by atoms with Crippen LogP contribution in [0.15, 0.2) is 48.5 Å². The minimum Gasteiger partial charge on any atom is -0.481 e. The van der Waals surface area contributed by atoms with Crippen LogP contribution < -0.4 is 10.6 Å². The number of aliphatic carboxylic acids is 1. The molecule has 1 unspecified atom stereocenters. The van der Waals surface area contributed by atoms with Gasteiger partial charge in [-0.15, -0.1) is 10.2 Å². The predicted molar refractivity (Wildman–Crippen MR) is 124 cm³/mol. The minimum atomic E-state index is -0.953. The third-order valence-corrected chi connectivity index (χ3v) is 5.91. The van der Waals surface area contributed by atoms with Gasteiger partial charge in [0.05, 0.1) is 6.04 Å². The molecule has 3 N–H and O–H groups in total. The largest absolute Gasteiger partial charge is 0.481 e. The maximum absolute atomic E-state index is 12.5. The fourth-order valence-electron chi connectivity index (χ4n) is 3.92. The predicted octanol–water partition coefficient (Wildman–Crippen LogP) is 2.79. The lowest BCUT2D eigenvalue weighted by Crippen LogP contribution is -2.53. The molecule has 2 aromatic carbocycles. The molecule has 1 aliphatic heterocycles. The van der Waals surface area contributed by atoms with Gasteiger partial charge in [-0.3, -0.25) is 9.59 Å². The van der Waals surface area contributed by atoms with E-state index in [-0.39, 0.29) is 18.7 Å². The fourth-order valence-corrected chi connectivity index (χ4v) is 4.05. The number of aromatic nitrogens is 2. The molecule has 1 fully saturated rings. The van der Waals surface area contributed by atoms with Crippen molar-refractivity contribution in [1.82, 2.24) is 15.1 Å². The van der Waals surface area contributed by atoms with Crippen molar-refractivity contribution in [2.45, 2.75) is 18.9 Å². The van der Waals surface area contributed by atoms with Crippen molar-refractivity contribution in [1.29, 1.82) is 0 Å². The summed E-state index contributed by atoms with van der Waals surface area (Å²) in [4.78, 5) is 27.1. The number of piperazine rings is 1. The van der Waals surface area contributed by atoms with Crippen molar-refractivity contribution < 1.29 is 14.7 Å². The smallest absolute Gasteiger partial charge is 0.303 e. The molecule has 8 nitrogen and oxygen atoms in total. The quantitative estimate of drug-likeness (QED) is 0.590. The second-order valence-electron chi connectivity index (χ2n) is 7.78. The van der Waals surface area contributed by atoms with Crippen LogP contribution in [-0.2, 0) is 9.59 Å². The van der Waals surface area contributed by atoms with Crippen LogP contribution in [0, 0.1) is 0 Å². The van der Waals surface area contributed by atoms with Crippen LogP contribution in [0.25, 0.3) is 22.0 Å². The Morgan fingerprint density at radius 2 is 1.66 bits per heavy atom. The molecular formula is C23H24ClN5O3. The van der Waals surface area contributed by atoms with E-state index >= 15 is 0 Å². The van der Waals surface area contributed by atoms with Crippen molar-refractivity contribution in [3.05, 3.63) is 53.6 Å². The number of benzene rings is 2. The van der Waals surface area contributed by atoms with E-state index in [9.17, 15) is 9.59 Å². The van der Waals surface area contributed by atoms with E-state index in [2.05, 4.69) is 15.1 Å². The van der Waals surface area contributed by atoms with Crippen LogP contribution in [0.1, 0.15) is 12.8 Å². The molecule has 1 atom stereocenters. The molecule has 2 heterocycles. The molecule has 1 aromatic heterocycles. The first-order valence-corrected chi connectivity index (χ1v) is 10.8. The van der Waals surface area contributed by atoms with Crippen LogP contribution in [0.5, 0.6) is 0 Å². The number of nitrogens with zero attached hydrogens (tertiary/aromatic N) is 4. The lowest BCUT2D eigenvalue weighted by Gasteiger charge is -2.36. The minimum absolute atomic E-state index is 0.117. The maximum atomic E-state index is 12.5.